The molecule has 0 aliphatic carbocycles. The van der Waals surface area contributed by atoms with Gasteiger partial charge in [-0.25, -0.2) is 0 Å². The summed E-state index contributed by atoms with van der Waals surface area (Å²) in [4.78, 5) is 0. The highest BCUT2D eigenvalue weighted by atomic mass is 79.9. The highest BCUT2D eigenvalue weighted by molar-refractivity contribution is 9.10. The highest BCUT2D eigenvalue weighted by Crippen LogP contribution is 2.42. The molecule has 0 unspecified atom stereocenters. The maximum absolute atomic E-state index is 12.9. The summed E-state index contributed by atoms with van der Waals surface area (Å²) < 4.78 is 35.7. The smallest absolute Gasteiger partial charge is 0.395 e. The monoisotopic (exact) mass is 355 g/mol. The van der Waals surface area contributed by atoms with E-state index in [1.54, 1.807) is 6.07 Å². The maximum atomic E-state index is 12.9. The zero-order valence-electron chi connectivity index (χ0n) is 11.1. The van der Waals surface area contributed by atoms with Crippen molar-refractivity contribution in [1.29, 1.82) is 0 Å². The summed E-state index contributed by atoms with van der Waals surface area (Å²) in [5.74, 6) is 0.0787. The number of anilines is 1. The molecule has 0 saturated carbocycles. The highest BCUT2D eigenvalue weighted by Gasteiger charge is 2.43. The molecular formula is C15H12BrF2NO2. The fourth-order valence-corrected chi connectivity index (χ4v) is 2.69. The zero-order chi connectivity index (χ0) is 15.0. The van der Waals surface area contributed by atoms with Crippen molar-refractivity contribution in [3.63, 3.8) is 0 Å². The number of nitrogens with one attached hydrogen (secondary N) is 1. The molecule has 6 heteroatoms. The van der Waals surface area contributed by atoms with E-state index in [9.17, 15) is 8.78 Å². The van der Waals surface area contributed by atoms with Gasteiger partial charge in [0.25, 0.3) is 0 Å². The Morgan fingerprint density at radius 3 is 2.62 bits per heavy atom. The summed E-state index contributed by atoms with van der Waals surface area (Å²) in [5, 5.41) is 3.17. The number of hydrogen-bond acceptors (Lipinski definition) is 3. The van der Waals surface area contributed by atoms with Crippen LogP contribution in [-0.2, 0) is 6.54 Å². The molecular weight excluding hydrogens is 344 g/mol. The molecule has 1 heterocycles. The molecule has 0 fully saturated rings. The van der Waals surface area contributed by atoms with Crippen LogP contribution in [0.25, 0.3) is 0 Å². The topological polar surface area (TPSA) is 30.5 Å². The van der Waals surface area contributed by atoms with E-state index >= 15 is 0 Å². The number of alkyl halides is 2. The van der Waals surface area contributed by atoms with Crippen molar-refractivity contribution >= 4 is 21.6 Å². The fraction of sp³-hybridized carbons (Fsp3) is 0.200. The lowest BCUT2D eigenvalue weighted by Gasteiger charge is -2.09. The standard InChI is InChI=1S/C15H12BrF2NO2/c1-9-2-3-10(12(16)6-9)8-19-11-4-5-13-14(7-11)21-15(17,18)20-13/h2-7,19H,8H2,1H3. The third kappa shape index (κ3) is 3.10. The summed E-state index contributed by atoms with van der Waals surface area (Å²) in [6.45, 7) is 2.58. The molecule has 2 aromatic carbocycles. The number of rotatable bonds is 3. The van der Waals surface area contributed by atoms with Gasteiger partial charge in [-0.3, -0.25) is 0 Å². The molecule has 0 atom stereocenters. The van der Waals surface area contributed by atoms with Gasteiger partial charge < -0.3 is 14.8 Å². The third-order valence-corrected chi connectivity index (χ3v) is 3.83. The van der Waals surface area contributed by atoms with Gasteiger partial charge in [0.15, 0.2) is 11.5 Å². The van der Waals surface area contributed by atoms with Crippen molar-refractivity contribution in [3.8, 4) is 11.5 Å². The summed E-state index contributed by atoms with van der Waals surface area (Å²) >= 11 is 3.50. The Hall–Kier alpha value is -1.82. The lowest BCUT2D eigenvalue weighted by molar-refractivity contribution is -0.286. The number of halogens is 3. The van der Waals surface area contributed by atoms with Crippen LogP contribution in [0.4, 0.5) is 14.5 Å². The summed E-state index contributed by atoms with van der Waals surface area (Å²) in [7, 11) is 0. The molecule has 0 aromatic heterocycles. The quantitative estimate of drug-likeness (QED) is 0.866. The second-order valence-electron chi connectivity index (χ2n) is 4.78. The van der Waals surface area contributed by atoms with Crippen molar-refractivity contribution in [2.24, 2.45) is 0 Å². The first kappa shape index (κ1) is 14.1. The number of ether oxygens (including phenoxy) is 2. The first-order valence-electron chi connectivity index (χ1n) is 6.32. The minimum atomic E-state index is -3.58. The predicted molar refractivity (Wildman–Crippen MR) is 78.9 cm³/mol. The van der Waals surface area contributed by atoms with Crippen molar-refractivity contribution in [3.05, 3.63) is 52.0 Å². The van der Waals surface area contributed by atoms with Crippen LogP contribution < -0.4 is 14.8 Å². The van der Waals surface area contributed by atoms with Gasteiger partial charge in [-0.2, -0.15) is 0 Å². The molecule has 0 amide bonds. The Bertz CT molecular complexity index is 691. The molecule has 0 radical (unpaired) electrons. The number of benzene rings is 2. The van der Waals surface area contributed by atoms with E-state index in [0.29, 0.717) is 12.2 Å². The Labute approximate surface area is 129 Å². The number of hydrogen-bond donors (Lipinski definition) is 1. The van der Waals surface area contributed by atoms with Crippen LogP contribution in [0.2, 0.25) is 0 Å². The van der Waals surface area contributed by atoms with Gasteiger partial charge in [-0.1, -0.05) is 28.1 Å². The van der Waals surface area contributed by atoms with Gasteiger partial charge in [-0.05, 0) is 36.2 Å². The van der Waals surface area contributed by atoms with Gasteiger partial charge in [0, 0.05) is 22.8 Å². The average molecular weight is 356 g/mol. The number of aryl methyl sites for hydroxylation is 1. The van der Waals surface area contributed by atoms with E-state index < -0.39 is 6.29 Å². The SMILES string of the molecule is Cc1ccc(CNc2ccc3c(c2)OC(F)(F)O3)c(Br)c1. The van der Waals surface area contributed by atoms with E-state index in [2.05, 4.69) is 30.7 Å². The average Bonchev–Trinajstić information content (AvgIpc) is 2.70. The van der Waals surface area contributed by atoms with E-state index in [-0.39, 0.29) is 11.5 Å². The second-order valence-corrected chi connectivity index (χ2v) is 5.63. The van der Waals surface area contributed by atoms with Gasteiger partial charge in [0.1, 0.15) is 0 Å². The van der Waals surface area contributed by atoms with Crippen molar-refractivity contribution in [1.82, 2.24) is 0 Å². The molecule has 21 heavy (non-hydrogen) atoms. The predicted octanol–water partition coefficient (Wildman–Crippen LogP) is 4.69. The molecule has 0 bridgehead atoms. The maximum Gasteiger partial charge on any atom is 0.586 e. The molecule has 2 aromatic rings. The molecule has 0 saturated heterocycles. The first-order chi connectivity index (χ1) is 9.93. The Kier molecular flexibility index (Phi) is 3.49. The molecule has 1 aliphatic heterocycles. The normalized spacial score (nSPS) is 15.0. The molecule has 0 spiro atoms. The summed E-state index contributed by atoms with van der Waals surface area (Å²) in [5.41, 5.74) is 2.92. The minimum Gasteiger partial charge on any atom is -0.395 e. The molecule has 110 valence electrons. The van der Waals surface area contributed by atoms with Crippen LogP contribution >= 0.6 is 15.9 Å². The van der Waals surface area contributed by atoms with Crippen molar-refractivity contribution in [2.45, 2.75) is 19.8 Å². The largest absolute Gasteiger partial charge is 0.586 e. The Morgan fingerprint density at radius 2 is 1.86 bits per heavy atom. The number of fused-ring (bicyclic) bond motifs is 1. The molecule has 3 nitrogen and oxygen atoms in total. The van der Waals surface area contributed by atoms with E-state index in [0.717, 1.165) is 15.6 Å². The molecule has 1 N–H and O–H groups in total. The van der Waals surface area contributed by atoms with Crippen LogP contribution in [0, 0.1) is 6.92 Å². The van der Waals surface area contributed by atoms with Crippen LogP contribution in [-0.4, -0.2) is 6.29 Å². The van der Waals surface area contributed by atoms with E-state index in [1.165, 1.54) is 12.1 Å². The van der Waals surface area contributed by atoms with Gasteiger partial charge in [0.05, 0.1) is 0 Å². The molecule has 1 aliphatic rings. The fourth-order valence-electron chi connectivity index (χ4n) is 2.05. The van der Waals surface area contributed by atoms with Crippen LogP contribution in [0.15, 0.2) is 40.9 Å². The summed E-state index contributed by atoms with van der Waals surface area (Å²) in [6.07, 6.45) is -3.58. The second kappa shape index (κ2) is 5.18. The lowest BCUT2D eigenvalue weighted by atomic mass is 10.1. The molecule has 3 rings (SSSR count). The Balaban J connectivity index is 1.72. The minimum absolute atomic E-state index is 0.0352. The Morgan fingerprint density at radius 1 is 1.10 bits per heavy atom. The van der Waals surface area contributed by atoms with E-state index in [4.69, 9.17) is 0 Å². The third-order valence-electron chi connectivity index (χ3n) is 3.09. The van der Waals surface area contributed by atoms with Crippen LogP contribution in [0.1, 0.15) is 11.1 Å². The van der Waals surface area contributed by atoms with E-state index in [1.807, 2.05) is 25.1 Å². The van der Waals surface area contributed by atoms with Gasteiger partial charge in [-0.15, -0.1) is 8.78 Å². The lowest BCUT2D eigenvalue weighted by Crippen LogP contribution is -2.25. The van der Waals surface area contributed by atoms with Gasteiger partial charge in [0.2, 0.25) is 0 Å². The van der Waals surface area contributed by atoms with Crippen LogP contribution in [0.3, 0.4) is 0 Å². The van der Waals surface area contributed by atoms with Crippen LogP contribution in [0.5, 0.6) is 11.5 Å². The van der Waals surface area contributed by atoms with Crippen molar-refractivity contribution in [2.75, 3.05) is 5.32 Å². The van der Waals surface area contributed by atoms with Gasteiger partial charge >= 0.3 is 6.29 Å². The zero-order valence-corrected chi connectivity index (χ0v) is 12.7. The van der Waals surface area contributed by atoms with Crippen molar-refractivity contribution < 1.29 is 18.3 Å². The summed E-state index contributed by atoms with van der Waals surface area (Å²) in [6, 6.07) is 10.7. The first-order valence-corrected chi connectivity index (χ1v) is 7.11.